The van der Waals surface area contributed by atoms with Crippen molar-refractivity contribution in [1.29, 1.82) is 0 Å². The Morgan fingerprint density at radius 1 is 1.38 bits per heavy atom. The lowest BCUT2D eigenvalue weighted by atomic mass is 10.3. The van der Waals surface area contributed by atoms with E-state index in [-0.39, 0.29) is 5.91 Å². The molecule has 3 N–H and O–H groups in total. The molecule has 1 saturated heterocycles. The first-order valence-electron chi connectivity index (χ1n) is 7.72. The van der Waals surface area contributed by atoms with Gasteiger partial charge in [-0.3, -0.25) is 9.69 Å². The number of rotatable bonds is 5. The van der Waals surface area contributed by atoms with Crippen LogP contribution in [0.2, 0.25) is 0 Å². The Hall–Kier alpha value is -1.34. The molecule has 3 rings (SSSR count). The number of nitrogens with zero attached hydrogens (tertiary/aromatic N) is 3. The second-order valence-corrected chi connectivity index (χ2v) is 6.78. The lowest BCUT2D eigenvalue weighted by Crippen LogP contribution is -2.48. The van der Waals surface area contributed by atoms with Crippen molar-refractivity contribution in [1.82, 2.24) is 14.8 Å². The van der Waals surface area contributed by atoms with E-state index in [2.05, 4.69) is 22.1 Å². The number of thiazole rings is 1. The number of carbonyl (C=O) groups is 1. The number of carbonyl (C=O) groups excluding carboxylic acids is 1. The summed E-state index contributed by atoms with van der Waals surface area (Å²) in [7, 11) is 0. The molecule has 1 aliphatic heterocycles. The molecule has 6 nitrogen and oxygen atoms in total. The normalized spacial score (nSPS) is 19.8. The molecule has 0 spiro atoms. The molecule has 1 saturated carbocycles. The summed E-state index contributed by atoms with van der Waals surface area (Å²) in [5.41, 5.74) is 5.92. The smallest absolute Gasteiger partial charge is 0.267 e. The fraction of sp³-hybridized carbons (Fsp3) is 0.714. The molecule has 1 aromatic heterocycles. The Balaban J connectivity index is 1.61. The number of anilines is 2. The molecule has 21 heavy (non-hydrogen) atoms. The quantitative estimate of drug-likeness (QED) is 0.861. The van der Waals surface area contributed by atoms with E-state index in [0.29, 0.717) is 16.7 Å². The van der Waals surface area contributed by atoms with Crippen LogP contribution in [0.3, 0.4) is 0 Å². The van der Waals surface area contributed by atoms with Crippen molar-refractivity contribution in [3.8, 4) is 0 Å². The molecule has 2 heterocycles. The Kier molecular flexibility index (Phi) is 4.30. The van der Waals surface area contributed by atoms with E-state index >= 15 is 0 Å². The van der Waals surface area contributed by atoms with Crippen molar-refractivity contribution >= 4 is 28.2 Å². The zero-order valence-electron chi connectivity index (χ0n) is 12.5. The molecule has 2 aliphatic rings. The molecule has 1 aliphatic carbocycles. The average molecular weight is 309 g/mol. The topological polar surface area (TPSA) is 74.5 Å². The third-order valence-electron chi connectivity index (χ3n) is 3.95. The highest BCUT2D eigenvalue weighted by molar-refractivity contribution is 7.18. The SMILES string of the molecule is CCCN1CCN(C(=O)c2sc(NC3CC3)nc2N)CC1. The van der Waals surface area contributed by atoms with E-state index in [1.54, 1.807) is 0 Å². The second kappa shape index (κ2) is 6.19. The van der Waals surface area contributed by atoms with Crippen LogP contribution in [0.25, 0.3) is 0 Å². The lowest BCUT2D eigenvalue weighted by molar-refractivity contribution is 0.0643. The minimum atomic E-state index is 0.0324. The van der Waals surface area contributed by atoms with Gasteiger partial charge in [-0.1, -0.05) is 18.3 Å². The van der Waals surface area contributed by atoms with Crippen LogP contribution in [0.15, 0.2) is 0 Å². The van der Waals surface area contributed by atoms with Crippen LogP contribution in [0, 0.1) is 0 Å². The minimum Gasteiger partial charge on any atom is -0.382 e. The number of hydrogen-bond donors (Lipinski definition) is 2. The second-order valence-electron chi connectivity index (χ2n) is 5.79. The maximum atomic E-state index is 12.6. The summed E-state index contributed by atoms with van der Waals surface area (Å²) in [6, 6.07) is 0.524. The van der Waals surface area contributed by atoms with Gasteiger partial charge in [-0.05, 0) is 25.8 Å². The van der Waals surface area contributed by atoms with Crippen molar-refractivity contribution in [2.45, 2.75) is 32.2 Å². The van der Waals surface area contributed by atoms with Crippen LogP contribution >= 0.6 is 11.3 Å². The van der Waals surface area contributed by atoms with E-state index in [1.165, 1.54) is 24.2 Å². The van der Waals surface area contributed by atoms with E-state index in [1.807, 2.05) is 4.90 Å². The van der Waals surface area contributed by atoms with Gasteiger partial charge in [-0.2, -0.15) is 0 Å². The monoisotopic (exact) mass is 309 g/mol. The zero-order valence-corrected chi connectivity index (χ0v) is 13.3. The number of nitrogens with one attached hydrogen (secondary N) is 1. The van der Waals surface area contributed by atoms with Gasteiger partial charge in [0, 0.05) is 32.2 Å². The highest BCUT2D eigenvalue weighted by Gasteiger charge is 2.27. The fourth-order valence-electron chi connectivity index (χ4n) is 2.58. The first-order chi connectivity index (χ1) is 10.2. The Bertz CT molecular complexity index is 505. The number of amides is 1. The highest BCUT2D eigenvalue weighted by Crippen LogP contribution is 2.31. The van der Waals surface area contributed by atoms with E-state index in [0.717, 1.165) is 44.3 Å². The van der Waals surface area contributed by atoms with Gasteiger partial charge in [0.1, 0.15) is 10.7 Å². The van der Waals surface area contributed by atoms with Gasteiger partial charge in [0.25, 0.3) is 5.91 Å². The number of hydrogen-bond acceptors (Lipinski definition) is 6. The predicted molar refractivity (Wildman–Crippen MR) is 85.8 cm³/mol. The van der Waals surface area contributed by atoms with Crippen molar-refractivity contribution in [3.05, 3.63) is 4.88 Å². The van der Waals surface area contributed by atoms with Crippen LogP contribution in [0.1, 0.15) is 35.9 Å². The summed E-state index contributed by atoms with van der Waals surface area (Å²) in [6.07, 6.45) is 3.52. The summed E-state index contributed by atoms with van der Waals surface area (Å²) < 4.78 is 0. The molecule has 7 heteroatoms. The summed E-state index contributed by atoms with van der Waals surface area (Å²) in [5, 5.41) is 4.09. The number of aromatic nitrogens is 1. The van der Waals surface area contributed by atoms with Crippen molar-refractivity contribution < 1.29 is 4.79 Å². The molecule has 0 atom stereocenters. The predicted octanol–water partition coefficient (Wildman–Crippen LogP) is 1.47. The maximum Gasteiger partial charge on any atom is 0.267 e. The van der Waals surface area contributed by atoms with Gasteiger partial charge >= 0.3 is 0 Å². The third kappa shape index (κ3) is 3.47. The number of nitrogens with two attached hydrogens (primary N) is 1. The first kappa shape index (κ1) is 14.6. The van der Waals surface area contributed by atoms with E-state index in [4.69, 9.17) is 5.73 Å². The lowest BCUT2D eigenvalue weighted by Gasteiger charge is -2.34. The van der Waals surface area contributed by atoms with Gasteiger partial charge in [-0.15, -0.1) is 0 Å². The first-order valence-corrected chi connectivity index (χ1v) is 8.53. The van der Waals surface area contributed by atoms with E-state index < -0.39 is 0 Å². The fourth-order valence-corrected chi connectivity index (χ4v) is 3.51. The molecule has 0 bridgehead atoms. The van der Waals surface area contributed by atoms with Gasteiger partial charge in [0.05, 0.1) is 0 Å². The van der Waals surface area contributed by atoms with Gasteiger partial charge in [0.2, 0.25) is 0 Å². The van der Waals surface area contributed by atoms with Crippen LogP contribution < -0.4 is 11.1 Å². The molecule has 1 aromatic rings. The molecule has 1 amide bonds. The molecular weight excluding hydrogens is 286 g/mol. The molecular formula is C14H23N5OS. The van der Waals surface area contributed by atoms with Crippen LogP contribution in [-0.2, 0) is 0 Å². The Labute approximate surface area is 129 Å². The minimum absolute atomic E-state index is 0.0324. The Morgan fingerprint density at radius 3 is 2.71 bits per heavy atom. The molecule has 0 unspecified atom stereocenters. The third-order valence-corrected chi connectivity index (χ3v) is 4.94. The maximum absolute atomic E-state index is 12.6. The molecule has 116 valence electrons. The summed E-state index contributed by atoms with van der Waals surface area (Å²) in [5.74, 6) is 0.397. The molecule has 0 aromatic carbocycles. The number of nitrogen functional groups attached to an aromatic ring is 1. The average Bonchev–Trinajstić information content (AvgIpc) is 3.21. The van der Waals surface area contributed by atoms with Crippen LogP contribution in [0.4, 0.5) is 10.9 Å². The molecule has 2 fully saturated rings. The van der Waals surface area contributed by atoms with E-state index in [9.17, 15) is 4.79 Å². The van der Waals surface area contributed by atoms with Gasteiger partial charge < -0.3 is 16.0 Å². The number of piperazine rings is 1. The summed E-state index contributed by atoms with van der Waals surface area (Å²) in [6.45, 7) is 6.75. The summed E-state index contributed by atoms with van der Waals surface area (Å²) >= 11 is 1.39. The van der Waals surface area contributed by atoms with Gasteiger partial charge in [0.15, 0.2) is 5.13 Å². The van der Waals surface area contributed by atoms with Gasteiger partial charge in [-0.25, -0.2) is 4.98 Å². The van der Waals surface area contributed by atoms with Crippen molar-refractivity contribution in [2.24, 2.45) is 0 Å². The molecule has 0 radical (unpaired) electrons. The Morgan fingerprint density at radius 2 is 2.10 bits per heavy atom. The van der Waals surface area contributed by atoms with Crippen molar-refractivity contribution in [3.63, 3.8) is 0 Å². The largest absolute Gasteiger partial charge is 0.382 e. The summed E-state index contributed by atoms with van der Waals surface area (Å²) in [4.78, 5) is 21.7. The van der Waals surface area contributed by atoms with Crippen LogP contribution in [-0.4, -0.2) is 59.5 Å². The zero-order chi connectivity index (χ0) is 14.8. The van der Waals surface area contributed by atoms with Crippen LogP contribution in [0.5, 0.6) is 0 Å². The highest BCUT2D eigenvalue weighted by atomic mass is 32.1. The van der Waals surface area contributed by atoms with Crippen molar-refractivity contribution in [2.75, 3.05) is 43.8 Å². The standard InChI is InChI=1S/C14H23N5OS/c1-2-5-18-6-8-19(9-7-18)13(20)11-12(15)17-14(21-11)16-10-3-4-10/h10H,2-9,15H2,1H3,(H,16,17).